The van der Waals surface area contributed by atoms with Crippen LogP contribution in [0.2, 0.25) is 0 Å². The fraction of sp³-hybridized carbons (Fsp3) is 0.130. The van der Waals surface area contributed by atoms with Gasteiger partial charge in [0.1, 0.15) is 28.7 Å². The number of amides is 6. The molecule has 28 nitrogen and oxygen atoms in total. The molecule has 516 valence electrons. The van der Waals surface area contributed by atoms with Crippen molar-refractivity contribution in [2.75, 3.05) is 61.1 Å². The lowest BCUT2D eigenvalue weighted by Crippen LogP contribution is -2.20. The fourth-order valence-electron chi connectivity index (χ4n) is 9.92. The van der Waals surface area contributed by atoms with Crippen LogP contribution in [-0.2, 0) is 39.3 Å². The Balaban J connectivity index is 0.000000164. The van der Waals surface area contributed by atoms with Crippen molar-refractivity contribution in [3.8, 4) is 67.5 Å². The molecule has 0 radical (unpaired) electrons. The molecule has 0 bridgehead atoms. The minimum atomic E-state index is -3.30. The predicted octanol–water partition coefficient (Wildman–Crippen LogP) is 12.2. The molecule has 12 N–H and O–H groups in total. The smallest absolute Gasteiger partial charge is 0.323 e. The molecule has 12 aromatic rings. The number of aryl methyl sites for hydroxylation is 3. The molecule has 0 aliphatic rings. The van der Waals surface area contributed by atoms with E-state index in [4.69, 9.17) is 17.2 Å². The Morgan fingerprint density at radius 3 is 1.10 bits per heavy atom. The first-order chi connectivity index (χ1) is 48.4. The average Bonchev–Trinajstić information content (AvgIpc) is 1.69. The minimum Gasteiger partial charge on any atom is -0.368 e. The van der Waals surface area contributed by atoms with E-state index in [2.05, 4.69) is 77.1 Å². The molecule has 0 aliphatic heterocycles. The Bertz CT molecular complexity index is 5230. The van der Waals surface area contributed by atoms with Gasteiger partial charge in [0.2, 0.25) is 17.8 Å². The zero-order valence-corrected chi connectivity index (χ0v) is 56.5. The van der Waals surface area contributed by atoms with E-state index in [1.165, 1.54) is 36.4 Å². The summed E-state index contributed by atoms with van der Waals surface area (Å²) in [5.41, 5.74) is 28.3. The van der Waals surface area contributed by atoms with Crippen molar-refractivity contribution in [1.82, 2.24) is 59.2 Å². The molecule has 101 heavy (non-hydrogen) atoms. The van der Waals surface area contributed by atoms with Gasteiger partial charge in [-0.3, -0.25) is 14.0 Å². The summed E-state index contributed by atoms with van der Waals surface area (Å²) in [5.74, 6) is -1.12. The van der Waals surface area contributed by atoms with E-state index in [0.29, 0.717) is 88.3 Å². The second-order valence-corrected chi connectivity index (χ2v) is 26.3. The van der Waals surface area contributed by atoms with Gasteiger partial charge in [0, 0.05) is 114 Å². The highest BCUT2D eigenvalue weighted by Crippen LogP contribution is 2.35. The SMILES string of the molecule is CCn1cc(-c2cccc(NC(=O)Nc3ccc(F)cc3F)c2)c(-c2ccnc(N)n2)n1.CCn1cc(-c2cccc(NC(=O)Nc3ccc(S(=O)(=O)CC)cc3)c2)c(-c2ccnc(N)n2)n1.CCn1cc(-c2cccc(NC(=O)Nc3ccc(S(C)(=O)=O)cc3)c2)c(-c2ccnc(N)n2)n1. The zero-order chi connectivity index (χ0) is 72.0. The van der Waals surface area contributed by atoms with Crippen LogP contribution >= 0.6 is 0 Å². The van der Waals surface area contributed by atoms with Crippen molar-refractivity contribution in [1.29, 1.82) is 0 Å². The molecule has 6 aromatic heterocycles. The van der Waals surface area contributed by atoms with Gasteiger partial charge >= 0.3 is 18.1 Å². The first-order valence-electron chi connectivity index (χ1n) is 31.1. The Morgan fingerprint density at radius 2 is 0.772 bits per heavy atom. The van der Waals surface area contributed by atoms with E-state index in [1.807, 2.05) is 81.8 Å². The number of carbonyl (C=O) groups excluding carboxylic acids is 3. The Labute approximate surface area is 578 Å². The minimum absolute atomic E-state index is 0.0140. The molecular formula is C69H67F2N21O7S2. The number of urea groups is 3. The highest BCUT2D eigenvalue weighted by molar-refractivity contribution is 7.91. The molecule has 12 rings (SSSR count). The standard InChI is InChI=1S/C24H25N7O3S.C23H23N7O3S.C22H19F2N7O/c1-3-31-15-20(22(30-31)21-12-13-26-23(25)29-21)16-6-5-7-18(14-16)28-24(32)27-17-8-10-19(11-9-17)35(33,34)4-2;1-3-30-14-19(21(29-30)20-11-12-25-22(24)28-20)15-5-4-6-17(13-15)27-23(31)26-16-7-9-18(10-8-16)34(2,32)33;1-2-31-12-16(20(30-31)19-8-9-26-21(25)28-19)13-4-3-5-15(10-13)27-22(32)29-18-7-6-14(23)11-17(18)24/h5-15H,3-4H2,1-2H3,(H2,25,26,29)(H2,27,28,32);4-14H,3H2,1-2H3,(H2,24,25,28)(H2,26,27,31);3-12H,2H2,1H3,(H2,25,26,28)(H2,27,29,32). The first kappa shape index (κ1) is 70.9. The second kappa shape index (κ2) is 31.6. The van der Waals surface area contributed by atoms with Crippen LogP contribution in [0.3, 0.4) is 0 Å². The number of hydrogen-bond donors (Lipinski definition) is 9. The Hall–Kier alpha value is -12.8. The van der Waals surface area contributed by atoms with Crippen molar-refractivity contribution in [3.63, 3.8) is 0 Å². The lowest BCUT2D eigenvalue weighted by Gasteiger charge is -2.10. The van der Waals surface area contributed by atoms with Crippen molar-refractivity contribution in [3.05, 3.63) is 207 Å². The summed E-state index contributed by atoms with van der Waals surface area (Å²) < 4.78 is 79.3. The second-order valence-electron chi connectivity index (χ2n) is 22.0. The molecule has 0 saturated carbocycles. The summed E-state index contributed by atoms with van der Waals surface area (Å²) >= 11 is 0. The van der Waals surface area contributed by atoms with Crippen LogP contribution in [0.5, 0.6) is 0 Å². The first-order valence-corrected chi connectivity index (χ1v) is 34.6. The molecule has 32 heteroatoms. The van der Waals surface area contributed by atoms with Gasteiger partial charge < -0.3 is 49.1 Å². The maximum absolute atomic E-state index is 13.8. The maximum atomic E-state index is 13.8. The van der Waals surface area contributed by atoms with E-state index in [1.54, 1.807) is 100 Å². The lowest BCUT2D eigenvalue weighted by molar-refractivity contribution is 0.261. The molecular weight excluding hydrogens is 1340 g/mol. The van der Waals surface area contributed by atoms with Gasteiger partial charge in [-0.2, -0.15) is 15.3 Å². The molecule has 0 unspecified atom stereocenters. The van der Waals surface area contributed by atoms with Crippen LogP contribution in [0.1, 0.15) is 27.7 Å². The van der Waals surface area contributed by atoms with Crippen LogP contribution in [-0.4, -0.2) is 106 Å². The number of nitrogens with two attached hydrogens (primary N) is 3. The van der Waals surface area contributed by atoms with Gasteiger partial charge in [-0.15, -0.1) is 0 Å². The summed E-state index contributed by atoms with van der Waals surface area (Å²) in [7, 11) is -6.60. The highest BCUT2D eigenvalue weighted by atomic mass is 32.2. The zero-order valence-electron chi connectivity index (χ0n) is 54.8. The molecule has 6 amide bonds. The Morgan fingerprint density at radius 1 is 0.426 bits per heavy atom. The number of aromatic nitrogens is 12. The van der Waals surface area contributed by atoms with Crippen LogP contribution in [0.4, 0.5) is 75.1 Å². The van der Waals surface area contributed by atoms with Crippen molar-refractivity contribution >= 4 is 89.7 Å². The summed E-state index contributed by atoms with van der Waals surface area (Å²) in [6.45, 7) is 9.52. The normalized spacial score (nSPS) is 11.1. The van der Waals surface area contributed by atoms with Gasteiger partial charge in [-0.05, 0) is 153 Å². The van der Waals surface area contributed by atoms with Gasteiger partial charge in [-0.1, -0.05) is 43.3 Å². The van der Waals surface area contributed by atoms with E-state index in [9.17, 15) is 40.0 Å². The molecule has 6 aromatic carbocycles. The summed E-state index contributed by atoms with van der Waals surface area (Å²) in [6.07, 6.45) is 11.6. The largest absolute Gasteiger partial charge is 0.368 e. The number of benzene rings is 6. The molecule has 0 fully saturated rings. The number of nitrogens with zero attached hydrogens (tertiary/aromatic N) is 12. The van der Waals surface area contributed by atoms with Crippen molar-refractivity contribution in [2.45, 2.75) is 57.1 Å². The highest BCUT2D eigenvalue weighted by Gasteiger charge is 2.21. The monoisotopic (exact) mass is 1400 g/mol. The van der Waals surface area contributed by atoms with Crippen LogP contribution in [0.15, 0.2) is 205 Å². The van der Waals surface area contributed by atoms with Crippen LogP contribution < -0.4 is 49.1 Å². The number of anilines is 9. The number of halogens is 2. The third kappa shape index (κ3) is 18.4. The lowest BCUT2D eigenvalue weighted by atomic mass is 10.0. The fourth-order valence-corrected chi connectivity index (χ4v) is 11.4. The van der Waals surface area contributed by atoms with Gasteiger partial charge in [0.05, 0.1) is 38.3 Å². The molecule has 0 spiro atoms. The maximum Gasteiger partial charge on any atom is 0.323 e. The van der Waals surface area contributed by atoms with Gasteiger partial charge in [0.15, 0.2) is 19.7 Å². The number of carbonyl (C=O) groups is 3. The number of nitrogens with one attached hydrogen (secondary N) is 6. The van der Waals surface area contributed by atoms with Crippen molar-refractivity contribution in [2.24, 2.45) is 0 Å². The average molecular weight is 1400 g/mol. The summed E-state index contributed by atoms with van der Waals surface area (Å²) in [5, 5.41) is 29.8. The number of nitrogen functional groups attached to an aromatic ring is 3. The molecule has 0 saturated heterocycles. The quantitative estimate of drug-likeness (QED) is 0.0385. The molecule has 6 heterocycles. The van der Waals surface area contributed by atoms with E-state index in [-0.39, 0.29) is 39.1 Å². The number of hydrogen-bond acceptors (Lipinski definition) is 19. The third-order valence-electron chi connectivity index (χ3n) is 14.9. The summed E-state index contributed by atoms with van der Waals surface area (Å²) in [4.78, 5) is 62.4. The van der Waals surface area contributed by atoms with Crippen molar-refractivity contribution < 1.29 is 40.0 Å². The topological polar surface area (TPSA) is 401 Å². The van der Waals surface area contributed by atoms with E-state index < -0.39 is 49.4 Å². The van der Waals surface area contributed by atoms with Gasteiger partial charge in [0.25, 0.3) is 0 Å². The predicted molar refractivity (Wildman–Crippen MR) is 384 cm³/mol. The van der Waals surface area contributed by atoms with Crippen LogP contribution in [0, 0.1) is 11.6 Å². The summed E-state index contributed by atoms with van der Waals surface area (Å²) in [6, 6.07) is 40.3. The Kier molecular flexibility index (Phi) is 22.2. The van der Waals surface area contributed by atoms with Crippen LogP contribution in [0.25, 0.3) is 67.5 Å². The molecule has 0 aliphatic carbocycles. The van der Waals surface area contributed by atoms with E-state index >= 15 is 0 Å². The number of rotatable bonds is 18. The van der Waals surface area contributed by atoms with Gasteiger partial charge in [-0.25, -0.2) is 69.9 Å². The molecule has 0 atom stereocenters. The number of sulfone groups is 2. The van der Waals surface area contributed by atoms with E-state index in [0.717, 1.165) is 51.8 Å². The third-order valence-corrected chi connectivity index (χ3v) is 17.8.